The van der Waals surface area contributed by atoms with E-state index < -0.39 is 0 Å². The fourth-order valence-corrected chi connectivity index (χ4v) is 6.81. The Morgan fingerprint density at radius 1 is 0.490 bits per heavy atom. The van der Waals surface area contributed by atoms with Crippen LogP contribution in [0.25, 0.3) is 0 Å². The van der Waals surface area contributed by atoms with Gasteiger partial charge in [0, 0.05) is 19.3 Å². The Kier molecular flexibility index (Phi) is 29.8. The molecule has 4 atom stereocenters. The molecule has 0 aromatic rings. The van der Waals surface area contributed by atoms with Crippen molar-refractivity contribution in [1.82, 2.24) is 4.90 Å². The van der Waals surface area contributed by atoms with Crippen molar-refractivity contribution >= 4 is 17.9 Å². The van der Waals surface area contributed by atoms with Crippen LogP contribution in [-0.2, 0) is 28.6 Å². The Labute approximate surface area is 316 Å². The van der Waals surface area contributed by atoms with Gasteiger partial charge in [0.2, 0.25) is 0 Å². The molecule has 0 spiro atoms. The van der Waals surface area contributed by atoms with E-state index in [0.29, 0.717) is 61.4 Å². The van der Waals surface area contributed by atoms with Crippen LogP contribution < -0.4 is 0 Å². The molecule has 0 rings (SSSR count). The van der Waals surface area contributed by atoms with Crippen LogP contribution in [0.2, 0.25) is 0 Å². The van der Waals surface area contributed by atoms with Gasteiger partial charge in [0.25, 0.3) is 0 Å². The van der Waals surface area contributed by atoms with Crippen LogP contribution >= 0.6 is 0 Å². The van der Waals surface area contributed by atoms with Crippen molar-refractivity contribution in [2.75, 3.05) is 27.2 Å². The molecule has 0 aliphatic rings. The molecule has 4 unspecified atom stereocenters. The van der Waals surface area contributed by atoms with Gasteiger partial charge in [-0.3, -0.25) is 14.4 Å². The molecule has 0 aromatic carbocycles. The van der Waals surface area contributed by atoms with Gasteiger partial charge >= 0.3 is 17.9 Å². The minimum absolute atomic E-state index is 0.0301. The second kappa shape index (κ2) is 30.8. The summed E-state index contributed by atoms with van der Waals surface area (Å²) < 4.78 is 17.5. The molecule has 0 amide bonds. The highest BCUT2D eigenvalue weighted by Gasteiger charge is 2.24. The van der Waals surface area contributed by atoms with E-state index >= 15 is 0 Å². The van der Waals surface area contributed by atoms with Gasteiger partial charge in [-0.15, -0.1) is 0 Å². The topological polar surface area (TPSA) is 82.1 Å². The van der Waals surface area contributed by atoms with Crippen LogP contribution in [0, 0.1) is 35.5 Å². The highest BCUT2D eigenvalue weighted by molar-refractivity contribution is 5.70. The maximum atomic E-state index is 12.6. The largest absolute Gasteiger partial charge is 0.465 e. The van der Waals surface area contributed by atoms with Crippen LogP contribution in [0.4, 0.5) is 0 Å². The first-order chi connectivity index (χ1) is 24.1. The van der Waals surface area contributed by atoms with E-state index in [1.807, 2.05) is 14.1 Å². The first kappa shape index (κ1) is 49.4. The molecule has 0 bridgehead atoms. The third-order valence-electron chi connectivity index (χ3n) is 10.5. The number of ether oxygens (including phenoxy) is 3. The number of nitrogens with zero attached hydrogens (tertiary/aromatic N) is 1. The minimum atomic E-state index is -0.0825. The van der Waals surface area contributed by atoms with Gasteiger partial charge in [-0.1, -0.05) is 107 Å². The Hall–Kier alpha value is -1.63. The smallest absolute Gasteiger partial charge is 0.306 e. The molecule has 0 radical (unpaired) electrons. The third kappa shape index (κ3) is 29.5. The lowest BCUT2D eigenvalue weighted by molar-refractivity contribution is -0.152. The van der Waals surface area contributed by atoms with Gasteiger partial charge in [0.05, 0.1) is 6.61 Å². The molecule has 0 aliphatic carbocycles. The molecule has 7 heteroatoms. The van der Waals surface area contributed by atoms with Crippen LogP contribution in [-0.4, -0.2) is 62.3 Å². The van der Waals surface area contributed by atoms with Gasteiger partial charge < -0.3 is 19.1 Å². The summed E-state index contributed by atoms with van der Waals surface area (Å²) >= 11 is 0. The average Bonchev–Trinajstić information content (AvgIpc) is 3.02. The summed E-state index contributed by atoms with van der Waals surface area (Å²) in [6.45, 7) is 21.4. The van der Waals surface area contributed by atoms with E-state index in [4.69, 9.17) is 14.2 Å². The second-order valence-electron chi connectivity index (χ2n) is 17.4. The Morgan fingerprint density at radius 2 is 0.961 bits per heavy atom. The van der Waals surface area contributed by atoms with Gasteiger partial charge in [-0.25, -0.2) is 0 Å². The van der Waals surface area contributed by atoms with Crippen molar-refractivity contribution in [2.45, 2.75) is 203 Å². The molecule has 51 heavy (non-hydrogen) atoms. The molecule has 0 heterocycles. The van der Waals surface area contributed by atoms with Crippen molar-refractivity contribution < 1.29 is 28.6 Å². The zero-order valence-corrected chi connectivity index (χ0v) is 35.6. The third-order valence-corrected chi connectivity index (χ3v) is 10.5. The number of carbonyl (C=O) groups excluding carboxylic acids is 3. The van der Waals surface area contributed by atoms with Crippen LogP contribution in [0.3, 0.4) is 0 Å². The molecule has 0 saturated carbocycles. The predicted molar refractivity (Wildman–Crippen MR) is 214 cm³/mol. The Morgan fingerprint density at radius 3 is 1.47 bits per heavy atom. The van der Waals surface area contributed by atoms with E-state index in [1.54, 1.807) is 0 Å². The van der Waals surface area contributed by atoms with Gasteiger partial charge in [-0.2, -0.15) is 0 Å². The molecule has 302 valence electrons. The Bertz CT molecular complexity index is 870. The maximum absolute atomic E-state index is 12.6. The molecule has 0 aromatic heterocycles. The summed E-state index contributed by atoms with van der Waals surface area (Å²) in [7, 11) is 4.05. The monoisotopic (exact) mass is 724 g/mol. The van der Waals surface area contributed by atoms with E-state index in [1.165, 1.54) is 12.8 Å². The highest BCUT2D eigenvalue weighted by atomic mass is 16.5. The van der Waals surface area contributed by atoms with Crippen LogP contribution in [0.1, 0.15) is 191 Å². The fraction of sp³-hybridized carbons (Fsp3) is 0.932. The summed E-state index contributed by atoms with van der Waals surface area (Å²) in [4.78, 5) is 39.6. The van der Waals surface area contributed by atoms with Crippen LogP contribution in [0.5, 0.6) is 0 Å². The fourth-order valence-electron chi connectivity index (χ4n) is 6.81. The van der Waals surface area contributed by atoms with Crippen molar-refractivity contribution in [3.05, 3.63) is 0 Å². The molecular weight excluding hydrogens is 638 g/mol. The van der Waals surface area contributed by atoms with Crippen molar-refractivity contribution in [2.24, 2.45) is 35.5 Å². The summed E-state index contributed by atoms with van der Waals surface area (Å²) in [6.07, 6.45) is 18.7. The standard InChI is InChI=1S/C44H85NO6/c1-34(2)28-30-39(36(5)6)33-49-42(46)25-20-16-12-14-18-23-40(51-44(48)27-22-32-45(10)11)24-19-15-13-17-21-26-43(47)50-38(9)41(37(7)8)31-29-35(3)4/h34-41H,12-33H2,1-11H3. The quantitative estimate of drug-likeness (QED) is 0.0379. The number of carbonyl (C=O) groups is 3. The van der Waals surface area contributed by atoms with Crippen LogP contribution in [0.15, 0.2) is 0 Å². The first-order valence-electron chi connectivity index (χ1n) is 21.3. The lowest BCUT2D eigenvalue weighted by Gasteiger charge is -2.28. The summed E-state index contributed by atoms with van der Waals surface area (Å²) in [6, 6.07) is 0. The summed E-state index contributed by atoms with van der Waals surface area (Å²) in [5.74, 6) is 3.01. The second-order valence-corrected chi connectivity index (χ2v) is 17.4. The average molecular weight is 724 g/mol. The molecule has 7 nitrogen and oxygen atoms in total. The molecule has 0 aliphatic heterocycles. The summed E-state index contributed by atoms with van der Waals surface area (Å²) in [5.41, 5.74) is 0. The zero-order valence-electron chi connectivity index (χ0n) is 35.6. The minimum Gasteiger partial charge on any atom is -0.465 e. The number of hydrogen-bond donors (Lipinski definition) is 0. The highest BCUT2D eigenvalue weighted by Crippen LogP contribution is 2.26. The lowest BCUT2D eigenvalue weighted by atomic mass is 9.85. The normalized spacial score (nSPS) is 14.4. The maximum Gasteiger partial charge on any atom is 0.306 e. The Balaban J connectivity index is 4.44. The number of rotatable bonds is 33. The summed E-state index contributed by atoms with van der Waals surface area (Å²) in [5, 5.41) is 0. The van der Waals surface area contributed by atoms with Crippen molar-refractivity contribution in [1.29, 1.82) is 0 Å². The van der Waals surface area contributed by atoms with Crippen molar-refractivity contribution in [3.63, 3.8) is 0 Å². The number of esters is 3. The number of unbranched alkanes of at least 4 members (excludes halogenated alkanes) is 8. The number of hydrogen-bond acceptors (Lipinski definition) is 7. The first-order valence-corrected chi connectivity index (χ1v) is 21.3. The molecule has 0 saturated heterocycles. The predicted octanol–water partition coefficient (Wildman–Crippen LogP) is 11.6. The zero-order chi connectivity index (χ0) is 38.6. The van der Waals surface area contributed by atoms with Gasteiger partial charge in [0.1, 0.15) is 12.2 Å². The SMILES string of the molecule is CC(C)CCC(COC(=O)CCCCCCCC(CCCCCCCC(=O)OC(C)C(CCC(C)C)C(C)C)OC(=O)CCCN(C)C)C(C)C. The van der Waals surface area contributed by atoms with E-state index in [9.17, 15) is 14.4 Å². The van der Waals surface area contributed by atoms with E-state index in [2.05, 4.69) is 67.2 Å². The van der Waals surface area contributed by atoms with Gasteiger partial charge in [0.15, 0.2) is 0 Å². The van der Waals surface area contributed by atoms with Gasteiger partial charge in [-0.05, 0) is 121 Å². The molecule has 0 N–H and O–H groups in total. The van der Waals surface area contributed by atoms with E-state index in [0.717, 1.165) is 103 Å². The van der Waals surface area contributed by atoms with Crippen molar-refractivity contribution in [3.8, 4) is 0 Å². The lowest BCUT2D eigenvalue weighted by Crippen LogP contribution is -2.28. The molecule has 0 fully saturated rings. The molecular formula is C44H85NO6. The van der Waals surface area contributed by atoms with E-state index in [-0.39, 0.29) is 30.1 Å².